The van der Waals surface area contributed by atoms with Gasteiger partial charge in [0.1, 0.15) is 0 Å². The molecule has 0 aliphatic heterocycles. The number of benzene rings is 3. The van der Waals surface area contributed by atoms with Gasteiger partial charge in [0.05, 0.1) is 0 Å². The lowest BCUT2D eigenvalue weighted by atomic mass is 10.0. The monoisotopic (exact) mass is 298 g/mol. The number of rotatable bonds is 4. The first-order chi connectivity index (χ1) is 11.2. The lowest BCUT2D eigenvalue weighted by molar-refractivity contribution is 0.103. The van der Waals surface area contributed by atoms with Crippen LogP contribution in [-0.4, -0.2) is 5.78 Å². The molecule has 112 valence electrons. The van der Waals surface area contributed by atoms with Crippen LogP contribution in [0.1, 0.15) is 32.6 Å². The topological polar surface area (TPSA) is 17.1 Å². The lowest BCUT2D eigenvalue weighted by Gasteiger charge is -2.02. The Morgan fingerprint density at radius 1 is 0.652 bits per heavy atom. The number of aryl methyl sites for hydroxylation is 1. The third-order valence-electron chi connectivity index (χ3n) is 3.75. The molecule has 3 rings (SSSR count). The molecule has 23 heavy (non-hydrogen) atoms. The van der Waals surface area contributed by atoms with E-state index in [1.54, 1.807) is 0 Å². The number of ketones is 1. The highest BCUT2D eigenvalue weighted by molar-refractivity contribution is 6.09. The van der Waals surface area contributed by atoms with Crippen LogP contribution in [0.25, 0.3) is 12.2 Å². The molecule has 3 aromatic rings. The Labute approximate surface area is 136 Å². The SMILES string of the molecule is Cc1ccc(C=Cc2ccc(C(=O)c3ccccc3)cc2)cc1. The molecule has 1 heteroatoms. The molecule has 0 aliphatic rings. The van der Waals surface area contributed by atoms with Gasteiger partial charge in [-0.1, -0.05) is 96.6 Å². The van der Waals surface area contributed by atoms with Gasteiger partial charge in [0.2, 0.25) is 0 Å². The molecular formula is C22H18O. The highest BCUT2D eigenvalue weighted by Crippen LogP contribution is 2.13. The summed E-state index contributed by atoms with van der Waals surface area (Å²) in [5.74, 6) is 0.0552. The molecule has 0 bridgehead atoms. The van der Waals surface area contributed by atoms with Gasteiger partial charge in [-0.05, 0) is 18.1 Å². The molecule has 0 amide bonds. The van der Waals surface area contributed by atoms with Gasteiger partial charge in [-0.3, -0.25) is 4.79 Å². The Balaban J connectivity index is 1.74. The van der Waals surface area contributed by atoms with Crippen LogP contribution in [0, 0.1) is 6.92 Å². The molecule has 0 saturated heterocycles. The molecule has 0 unspecified atom stereocenters. The summed E-state index contributed by atoms with van der Waals surface area (Å²) in [4.78, 5) is 12.4. The molecule has 0 aromatic heterocycles. The van der Waals surface area contributed by atoms with Crippen molar-refractivity contribution in [3.8, 4) is 0 Å². The zero-order valence-corrected chi connectivity index (χ0v) is 13.1. The Morgan fingerprint density at radius 2 is 1.13 bits per heavy atom. The first-order valence-electron chi connectivity index (χ1n) is 7.67. The first-order valence-corrected chi connectivity index (χ1v) is 7.67. The number of hydrogen-bond donors (Lipinski definition) is 0. The van der Waals surface area contributed by atoms with Gasteiger partial charge in [-0.15, -0.1) is 0 Å². The molecule has 0 spiro atoms. The van der Waals surface area contributed by atoms with Crippen molar-refractivity contribution in [3.63, 3.8) is 0 Å². The van der Waals surface area contributed by atoms with Gasteiger partial charge >= 0.3 is 0 Å². The van der Waals surface area contributed by atoms with Crippen LogP contribution in [0.15, 0.2) is 78.9 Å². The maximum atomic E-state index is 12.4. The fourth-order valence-electron chi connectivity index (χ4n) is 2.37. The van der Waals surface area contributed by atoms with Gasteiger partial charge in [0.25, 0.3) is 0 Å². The Hall–Kier alpha value is -2.93. The van der Waals surface area contributed by atoms with Crippen molar-refractivity contribution >= 4 is 17.9 Å². The number of hydrogen-bond acceptors (Lipinski definition) is 1. The quantitative estimate of drug-likeness (QED) is 0.466. The number of carbonyl (C=O) groups excluding carboxylic acids is 1. The first kappa shape index (κ1) is 15.0. The fraction of sp³-hybridized carbons (Fsp3) is 0.0455. The van der Waals surface area contributed by atoms with Crippen LogP contribution < -0.4 is 0 Å². The largest absolute Gasteiger partial charge is 0.289 e. The molecule has 0 saturated carbocycles. The van der Waals surface area contributed by atoms with Crippen LogP contribution in [0.5, 0.6) is 0 Å². The van der Waals surface area contributed by atoms with Gasteiger partial charge in [-0.25, -0.2) is 0 Å². The molecule has 0 fully saturated rings. The fourth-order valence-corrected chi connectivity index (χ4v) is 2.37. The predicted octanol–water partition coefficient (Wildman–Crippen LogP) is 5.40. The van der Waals surface area contributed by atoms with Crippen LogP contribution in [0.4, 0.5) is 0 Å². The highest BCUT2D eigenvalue weighted by Gasteiger charge is 2.07. The van der Waals surface area contributed by atoms with E-state index in [1.807, 2.05) is 54.6 Å². The molecule has 0 heterocycles. The molecule has 3 aromatic carbocycles. The third kappa shape index (κ3) is 3.83. The van der Waals surface area contributed by atoms with Crippen molar-refractivity contribution in [1.82, 2.24) is 0 Å². The van der Waals surface area contributed by atoms with Gasteiger partial charge in [0.15, 0.2) is 5.78 Å². The maximum absolute atomic E-state index is 12.4. The second-order valence-electron chi connectivity index (χ2n) is 5.56. The van der Waals surface area contributed by atoms with E-state index < -0.39 is 0 Å². The standard InChI is InChI=1S/C22H18O/c1-17-7-9-18(10-8-17)11-12-19-13-15-21(16-14-19)22(23)20-5-3-2-4-6-20/h2-16H,1H3. The summed E-state index contributed by atoms with van der Waals surface area (Å²) in [6.45, 7) is 2.08. The van der Waals surface area contributed by atoms with E-state index in [0.29, 0.717) is 5.56 Å². The average molecular weight is 298 g/mol. The molecule has 0 N–H and O–H groups in total. The van der Waals surface area contributed by atoms with Crippen molar-refractivity contribution < 1.29 is 4.79 Å². The van der Waals surface area contributed by atoms with E-state index in [2.05, 4.69) is 43.3 Å². The summed E-state index contributed by atoms with van der Waals surface area (Å²) >= 11 is 0. The molecular weight excluding hydrogens is 280 g/mol. The minimum atomic E-state index is 0.0552. The smallest absolute Gasteiger partial charge is 0.193 e. The lowest BCUT2D eigenvalue weighted by Crippen LogP contribution is -2.00. The summed E-state index contributed by atoms with van der Waals surface area (Å²) < 4.78 is 0. The highest BCUT2D eigenvalue weighted by atomic mass is 16.1. The van der Waals surface area contributed by atoms with Gasteiger partial charge < -0.3 is 0 Å². The molecule has 0 radical (unpaired) electrons. The Morgan fingerprint density at radius 3 is 1.70 bits per heavy atom. The second kappa shape index (κ2) is 6.89. The zero-order chi connectivity index (χ0) is 16.1. The van der Waals surface area contributed by atoms with Gasteiger partial charge in [-0.2, -0.15) is 0 Å². The maximum Gasteiger partial charge on any atom is 0.193 e. The van der Waals surface area contributed by atoms with Crippen molar-refractivity contribution in [2.45, 2.75) is 6.92 Å². The van der Waals surface area contributed by atoms with Crippen LogP contribution in [0.2, 0.25) is 0 Å². The minimum Gasteiger partial charge on any atom is -0.289 e. The molecule has 0 aliphatic carbocycles. The molecule has 0 atom stereocenters. The van der Waals surface area contributed by atoms with E-state index in [9.17, 15) is 4.79 Å². The van der Waals surface area contributed by atoms with Crippen molar-refractivity contribution in [1.29, 1.82) is 0 Å². The van der Waals surface area contributed by atoms with Crippen molar-refractivity contribution in [2.75, 3.05) is 0 Å². The number of carbonyl (C=O) groups is 1. The summed E-state index contributed by atoms with van der Waals surface area (Å²) in [7, 11) is 0. The van der Waals surface area contributed by atoms with E-state index in [0.717, 1.165) is 11.1 Å². The Kier molecular flexibility index (Phi) is 4.49. The van der Waals surface area contributed by atoms with Crippen LogP contribution >= 0.6 is 0 Å². The Bertz CT molecular complexity index is 810. The van der Waals surface area contributed by atoms with E-state index in [1.165, 1.54) is 11.1 Å². The van der Waals surface area contributed by atoms with Crippen molar-refractivity contribution in [2.24, 2.45) is 0 Å². The van der Waals surface area contributed by atoms with E-state index >= 15 is 0 Å². The summed E-state index contributed by atoms with van der Waals surface area (Å²) in [6.07, 6.45) is 4.13. The minimum absolute atomic E-state index is 0.0552. The van der Waals surface area contributed by atoms with Crippen molar-refractivity contribution in [3.05, 3.63) is 107 Å². The normalized spacial score (nSPS) is 10.8. The predicted molar refractivity (Wildman–Crippen MR) is 96.4 cm³/mol. The third-order valence-corrected chi connectivity index (χ3v) is 3.75. The molecule has 1 nitrogen and oxygen atoms in total. The van der Waals surface area contributed by atoms with E-state index in [-0.39, 0.29) is 5.78 Å². The summed E-state index contributed by atoms with van der Waals surface area (Å²) in [5, 5.41) is 0. The average Bonchev–Trinajstić information content (AvgIpc) is 2.62. The second-order valence-corrected chi connectivity index (χ2v) is 5.56. The zero-order valence-electron chi connectivity index (χ0n) is 13.1. The van der Waals surface area contributed by atoms with Gasteiger partial charge in [0, 0.05) is 11.1 Å². The van der Waals surface area contributed by atoms with Crippen LogP contribution in [-0.2, 0) is 0 Å². The summed E-state index contributed by atoms with van der Waals surface area (Å²) in [5.41, 5.74) is 4.93. The summed E-state index contributed by atoms with van der Waals surface area (Å²) in [6, 6.07) is 25.4. The van der Waals surface area contributed by atoms with Crippen LogP contribution in [0.3, 0.4) is 0 Å². The van der Waals surface area contributed by atoms with E-state index in [4.69, 9.17) is 0 Å².